The minimum Gasteiger partial charge on any atom is -0.489 e. The number of hydrogen-bond acceptors (Lipinski definition) is 2. The van der Waals surface area contributed by atoms with Gasteiger partial charge in [0, 0.05) is 5.56 Å². The summed E-state index contributed by atoms with van der Waals surface area (Å²) >= 11 is 5.83. The average Bonchev–Trinajstić information content (AvgIpc) is 2.42. The zero-order valence-electron chi connectivity index (χ0n) is 10.1. The van der Waals surface area contributed by atoms with Gasteiger partial charge in [0.2, 0.25) is 0 Å². The number of nitrogens with zero attached hydrogens (tertiary/aromatic N) is 1. The summed E-state index contributed by atoms with van der Waals surface area (Å²) in [5.74, 6) is 0.203. The second kappa shape index (κ2) is 6.21. The van der Waals surface area contributed by atoms with Crippen molar-refractivity contribution in [3.63, 3.8) is 0 Å². The van der Waals surface area contributed by atoms with Gasteiger partial charge >= 0.3 is 0 Å². The third-order valence-corrected chi connectivity index (χ3v) is 3.06. The van der Waals surface area contributed by atoms with Gasteiger partial charge in [-0.15, -0.1) is 0 Å². The molecule has 0 aliphatic carbocycles. The van der Waals surface area contributed by atoms with Crippen molar-refractivity contribution in [1.29, 1.82) is 5.26 Å². The molecule has 0 spiro atoms. The molecule has 0 N–H and O–H groups in total. The number of benzene rings is 2. The fourth-order valence-electron chi connectivity index (χ4n) is 1.62. The minimum absolute atomic E-state index is 0.0867. The van der Waals surface area contributed by atoms with E-state index in [1.54, 1.807) is 24.3 Å². The van der Waals surface area contributed by atoms with Crippen molar-refractivity contribution < 1.29 is 9.13 Å². The zero-order chi connectivity index (χ0) is 13.7. The van der Waals surface area contributed by atoms with Gasteiger partial charge in [0.15, 0.2) is 0 Å². The second-order valence-electron chi connectivity index (χ2n) is 3.98. The van der Waals surface area contributed by atoms with Crippen LogP contribution in [0.1, 0.15) is 11.1 Å². The Balaban J connectivity index is 2.02. The van der Waals surface area contributed by atoms with Crippen molar-refractivity contribution in [3.8, 4) is 11.8 Å². The minimum atomic E-state index is -0.452. The van der Waals surface area contributed by atoms with E-state index < -0.39 is 5.82 Å². The first-order valence-corrected chi connectivity index (χ1v) is 6.10. The van der Waals surface area contributed by atoms with E-state index >= 15 is 0 Å². The fourth-order valence-corrected chi connectivity index (χ4v) is 1.80. The van der Waals surface area contributed by atoms with Crippen LogP contribution in [0.3, 0.4) is 0 Å². The second-order valence-corrected chi connectivity index (χ2v) is 4.36. The van der Waals surface area contributed by atoms with Crippen LogP contribution in [0.2, 0.25) is 5.02 Å². The van der Waals surface area contributed by atoms with Gasteiger partial charge in [0.1, 0.15) is 18.2 Å². The van der Waals surface area contributed by atoms with Gasteiger partial charge in [0.05, 0.1) is 17.5 Å². The molecule has 0 bridgehead atoms. The van der Waals surface area contributed by atoms with Gasteiger partial charge in [-0.25, -0.2) is 4.39 Å². The van der Waals surface area contributed by atoms with Crippen LogP contribution in [0.25, 0.3) is 0 Å². The maximum atomic E-state index is 13.2. The van der Waals surface area contributed by atoms with Crippen molar-refractivity contribution in [3.05, 3.63) is 64.4 Å². The number of hydrogen-bond donors (Lipinski definition) is 0. The SMILES string of the molecule is N#CCc1ccc(OCc2cccc(F)c2Cl)cc1. The summed E-state index contributed by atoms with van der Waals surface area (Å²) in [6.07, 6.45) is 0.371. The van der Waals surface area contributed by atoms with Gasteiger partial charge in [-0.2, -0.15) is 5.26 Å². The number of ether oxygens (including phenoxy) is 1. The van der Waals surface area contributed by atoms with Crippen LogP contribution in [0, 0.1) is 17.1 Å². The molecule has 0 saturated carbocycles. The Labute approximate surface area is 116 Å². The molecule has 0 fully saturated rings. The normalized spacial score (nSPS) is 9.95. The number of nitriles is 1. The lowest BCUT2D eigenvalue weighted by molar-refractivity contribution is 0.305. The van der Waals surface area contributed by atoms with E-state index in [-0.39, 0.29) is 11.6 Å². The standard InChI is InChI=1S/C15H11ClFNO/c16-15-12(2-1-3-14(15)17)10-19-13-6-4-11(5-7-13)8-9-18/h1-7H,8,10H2. The molecule has 0 aliphatic heterocycles. The van der Waals surface area contributed by atoms with Crippen LogP contribution in [0.5, 0.6) is 5.75 Å². The first-order chi connectivity index (χ1) is 9.20. The molecule has 19 heavy (non-hydrogen) atoms. The topological polar surface area (TPSA) is 33.0 Å². The first-order valence-electron chi connectivity index (χ1n) is 5.72. The molecule has 2 aromatic rings. The molecule has 0 saturated heterocycles. The molecule has 0 atom stereocenters. The molecule has 4 heteroatoms. The van der Waals surface area contributed by atoms with Gasteiger partial charge in [0.25, 0.3) is 0 Å². The lowest BCUT2D eigenvalue weighted by atomic mass is 10.1. The van der Waals surface area contributed by atoms with Crippen LogP contribution in [0.15, 0.2) is 42.5 Å². The Bertz CT molecular complexity index is 605. The smallest absolute Gasteiger partial charge is 0.142 e. The monoisotopic (exact) mass is 275 g/mol. The van der Waals surface area contributed by atoms with Crippen LogP contribution >= 0.6 is 11.6 Å². The average molecular weight is 276 g/mol. The van der Waals surface area contributed by atoms with Crippen molar-refractivity contribution in [2.45, 2.75) is 13.0 Å². The molecule has 2 rings (SSSR count). The quantitative estimate of drug-likeness (QED) is 0.841. The van der Waals surface area contributed by atoms with Crippen LogP contribution in [-0.2, 0) is 13.0 Å². The highest BCUT2D eigenvalue weighted by Crippen LogP contribution is 2.21. The predicted octanol–water partition coefficient (Wildman–Crippen LogP) is 4.12. The van der Waals surface area contributed by atoms with Gasteiger partial charge in [-0.05, 0) is 23.8 Å². The summed E-state index contributed by atoms with van der Waals surface area (Å²) in [6, 6.07) is 13.9. The van der Waals surface area contributed by atoms with Crippen LogP contribution in [-0.4, -0.2) is 0 Å². The molecular weight excluding hydrogens is 265 g/mol. The van der Waals surface area contributed by atoms with E-state index in [1.165, 1.54) is 6.07 Å². The summed E-state index contributed by atoms with van der Waals surface area (Å²) < 4.78 is 18.8. The van der Waals surface area contributed by atoms with E-state index in [0.717, 1.165) is 5.56 Å². The zero-order valence-corrected chi connectivity index (χ0v) is 10.8. The van der Waals surface area contributed by atoms with E-state index in [9.17, 15) is 4.39 Å². The Hall–Kier alpha value is -2.05. The molecule has 96 valence electrons. The van der Waals surface area contributed by atoms with Crippen molar-refractivity contribution in [2.75, 3.05) is 0 Å². The summed E-state index contributed by atoms with van der Waals surface area (Å²) in [5, 5.41) is 8.65. The summed E-state index contributed by atoms with van der Waals surface area (Å²) in [7, 11) is 0. The van der Waals surface area contributed by atoms with E-state index in [0.29, 0.717) is 17.7 Å². The summed E-state index contributed by atoms with van der Waals surface area (Å²) in [4.78, 5) is 0. The van der Waals surface area contributed by atoms with Gasteiger partial charge in [-0.3, -0.25) is 0 Å². The Morgan fingerprint density at radius 2 is 1.89 bits per heavy atom. The first kappa shape index (κ1) is 13.4. The molecule has 2 aromatic carbocycles. The van der Waals surface area contributed by atoms with E-state index in [4.69, 9.17) is 21.6 Å². The fraction of sp³-hybridized carbons (Fsp3) is 0.133. The van der Waals surface area contributed by atoms with E-state index in [2.05, 4.69) is 6.07 Å². The lowest BCUT2D eigenvalue weighted by Gasteiger charge is -2.08. The Kier molecular flexibility index (Phi) is 4.38. The van der Waals surface area contributed by atoms with Crippen molar-refractivity contribution in [2.24, 2.45) is 0 Å². The van der Waals surface area contributed by atoms with Crippen LogP contribution < -0.4 is 4.74 Å². The third-order valence-electron chi connectivity index (χ3n) is 2.63. The molecule has 0 radical (unpaired) electrons. The third kappa shape index (κ3) is 3.46. The Morgan fingerprint density at radius 1 is 1.16 bits per heavy atom. The van der Waals surface area contributed by atoms with Gasteiger partial charge < -0.3 is 4.74 Å². The highest BCUT2D eigenvalue weighted by Gasteiger charge is 2.06. The molecular formula is C15H11ClFNO. The number of rotatable bonds is 4. The van der Waals surface area contributed by atoms with Crippen LogP contribution in [0.4, 0.5) is 4.39 Å². The van der Waals surface area contributed by atoms with Gasteiger partial charge in [-0.1, -0.05) is 35.9 Å². The number of halogens is 2. The summed E-state index contributed by atoms with van der Waals surface area (Å²) in [5.41, 5.74) is 1.53. The van der Waals surface area contributed by atoms with Crippen molar-refractivity contribution in [1.82, 2.24) is 0 Å². The lowest BCUT2D eigenvalue weighted by Crippen LogP contribution is -1.97. The highest BCUT2D eigenvalue weighted by atomic mass is 35.5. The predicted molar refractivity (Wildman–Crippen MR) is 71.5 cm³/mol. The highest BCUT2D eigenvalue weighted by molar-refractivity contribution is 6.31. The molecule has 0 aromatic heterocycles. The maximum absolute atomic E-state index is 13.2. The molecule has 0 unspecified atom stereocenters. The summed E-state index contributed by atoms with van der Waals surface area (Å²) in [6.45, 7) is 0.203. The molecule has 2 nitrogen and oxygen atoms in total. The largest absolute Gasteiger partial charge is 0.489 e. The Morgan fingerprint density at radius 3 is 2.58 bits per heavy atom. The molecule has 0 aliphatic rings. The van der Waals surface area contributed by atoms with Crippen molar-refractivity contribution >= 4 is 11.6 Å². The maximum Gasteiger partial charge on any atom is 0.142 e. The molecule has 0 amide bonds. The van der Waals surface area contributed by atoms with E-state index in [1.807, 2.05) is 12.1 Å². The molecule has 0 heterocycles.